The standard InChI is InChI=1S/C6H5N3O/c1-7-9-4-8-5-2-3-10-6(5)9/h2-4H,1H2. The van der Waals surface area contributed by atoms with Crippen LogP contribution < -0.4 is 0 Å². The lowest BCUT2D eigenvalue weighted by molar-refractivity contribution is 0.582. The third-order valence-electron chi connectivity index (χ3n) is 1.29. The molecule has 0 aliphatic rings. The maximum Gasteiger partial charge on any atom is 0.247 e. The summed E-state index contributed by atoms with van der Waals surface area (Å²) in [7, 11) is 0. The molecule has 0 aromatic carbocycles. The SMILES string of the molecule is C=Nn1cnc2ccoc21. The van der Waals surface area contributed by atoms with Crippen molar-refractivity contribution in [1.82, 2.24) is 9.66 Å². The average Bonchev–Trinajstić information content (AvgIpc) is 2.44. The molecule has 2 rings (SSSR count). The van der Waals surface area contributed by atoms with Gasteiger partial charge in [0.15, 0.2) is 0 Å². The zero-order valence-electron chi connectivity index (χ0n) is 5.19. The van der Waals surface area contributed by atoms with Crippen LogP contribution in [0.25, 0.3) is 11.2 Å². The molecule has 0 aliphatic heterocycles. The van der Waals surface area contributed by atoms with Crippen molar-refractivity contribution in [2.24, 2.45) is 5.10 Å². The Hall–Kier alpha value is -1.58. The predicted molar refractivity (Wildman–Crippen MR) is 36.9 cm³/mol. The lowest BCUT2D eigenvalue weighted by atomic mass is 10.6. The van der Waals surface area contributed by atoms with Crippen molar-refractivity contribution in [3.05, 3.63) is 18.7 Å². The first-order valence-corrected chi connectivity index (χ1v) is 2.79. The molecule has 2 heterocycles. The van der Waals surface area contributed by atoms with Gasteiger partial charge in [0.2, 0.25) is 5.71 Å². The van der Waals surface area contributed by atoms with Crippen LogP contribution in [-0.4, -0.2) is 16.4 Å². The van der Waals surface area contributed by atoms with E-state index in [1.54, 1.807) is 18.7 Å². The minimum atomic E-state index is 0.634. The Balaban J connectivity index is 2.88. The molecule has 0 saturated carbocycles. The van der Waals surface area contributed by atoms with Crippen LogP contribution in [0.5, 0.6) is 0 Å². The molecule has 0 saturated heterocycles. The van der Waals surface area contributed by atoms with Gasteiger partial charge in [-0.1, -0.05) is 0 Å². The molecule has 0 bridgehead atoms. The van der Waals surface area contributed by atoms with Crippen LogP contribution in [-0.2, 0) is 0 Å². The second-order valence-electron chi connectivity index (χ2n) is 1.84. The molecule has 0 unspecified atom stereocenters. The molecule has 0 fully saturated rings. The number of rotatable bonds is 1. The summed E-state index contributed by atoms with van der Waals surface area (Å²) in [5.74, 6) is 0. The van der Waals surface area contributed by atoms with E-state index in [1.165, 1.54) is 4.68 Å². The van der Waals surface area contributed by atoms with Gasteiger partial charge < -0.3 is 4.42 Å². The molecule has 0 atom stereocenters. The van der Waals surface area contributed by atoms with Crippen molar-refractivity contribution >= 4 is 17.9 Å². The van der Waals surface area contributed by atoms with Crippen LogP contribution in [0.2, 0.25) is 0 Å². The number of hydrogen-bond donors (Lipinski definition) is 0. The first-order valence-electron chi connectivity index (χ1n) is 2.79. The van der Waals surface area contributed by atoms with Gasteiger partial charge in [0, 0.05) is 12.8 Å². The van der Waals surface area contributed by atoms with E-state index < -0.39 is 0 Å². The summed E-state index contributed by atoms with van der Waals surface area (Å²) in [6.07, 6.45) is 3.13. The largest absolute Gasteiger partial charge is 0.445 e. The molecule has 0 radical (unpaired) electrons. The van der Waals surface area contributed by atoms with Crippen molar-refractivity contribution in [3.8, 4) is 0 Å². The van der Waals surface area contributed by atoms with Gasteiger partial charge in [-0.25, -0.2) is 4.98 Å². The highest BCUT2D eigenvalue weighted by molar-refractivity contribution is 5.68. The van der Waals surface area contributed by atoms with Crippen molar-refractivity contribution in [1.29, 1.82) is 0 Å². The van der Waals surface area contributed by atoms with Crippen LogP contribution in [0.3, 0.4) is 0 Å². The monoisotopic (exact) mass is 135 g/mol. The van der Waals surface area contributed by atoms with E-state index in [-0.39, 0.29) is 0 Å². The molecule has 50 valence electrons. The van der Waals surface area contributed by atoms with Crippen LogP contribution >= 0.6 is 0 Å². The van der Waals surface area contributed by atoms with Gasteiger partial charge in [-0.05, 0) is 0 Å². The highest BCUT2D eigenvalue weighted by Gasteiger charge is 2.01. The van der Waals surface area contributed by atoms with Crippen molar-refractivity contribution in [3.63, 3.8) is 0 Å². The van der Waals surface area contributed by atoms with E-state index in [2.05, 4.69) is 16.8 Å². The van der Waals surface area contributed by atoms with Crippen LogP contribution in [0.1, 0.15) is 0 Å². The molecule has 0 N–H and O–H groups in total. The van der Waals surface area contributed by atoms with Gasteiger partial charge >= 0.3 is 0 Å². The van der Waals surface area contributed by atoms with Crippen LogP contribution in [0.15, 0.2) is 28.2 Å². The zero-order valence-corrected chi connectivity index (χ0v) is 5.19. The maximum absolute atomic E-state index is 5.05. The Morgan fingerprint density at radius 3 is 3.40 bits per heavy atom. The van der Waals surface area contributed by atoms with Gasteiger partial charge in [0.05, 0.1) is 6.26 Å². The molecule has 2 aromatic rings. The summed E-state index contributed by atoms with van der Waals surface area (Å²) < 4.78 is 6.53. The highest BCUT2D eigenvalue weighted by atomic mass is 16.3. The van der Waals surface area contributed by atoms with E-state index in [0.29, 0.717) is 5.71 Å². The summed E-state index contributed by atoms with van der Waals surface area (Å²) >= 11 is 0. The van der Waals surface area contributed by atoms with E-state index >= 15 is 0 Å². The maximum atomic E-state index is 5.05. The Labute approximate surface area is 56.8 Å². The van der Waals surface area contributed by atoms with Gasteiger partial charge in [-0.15, -0.1) is 0 Å². The lowest BCUT2D eigenvalue weighted by Crippen LogP contribution is -1.79. The molecular formula is C6H5N3O. The number of fused-ring (bicyclic) bond motifs is 1. The Morgan fingerprint density at radius 1 is 1.70 bits per heavy atom. The molecular weight excluding hydrogens is 130 g/mol. The quantitative estimate of drug-likeness (QED) is 0.549. The smallest absolute Gasteiger partial charge is 0.247 e. The van der Waals surface area contributed by atoms with Gasteiger partial charge in [-0.2, -0.15) is 9.78 Å². The molecule has 10 heavy (non-hydrogen) atoms. The number of hydrogen-bond acceptors (Lipinski definition) is 3. The molecule has 0 aliphatic carbocycles. The van der Waals surface area contributed by atoms with Crippen molar-refractivity contribution in [2.75, 3.05) is 0 Å². The Kier molecular flexibility index (Phi) is 0.887. The number of furan rings is 1. The lowest BCUT2D eigenvalue weighted by Gasteiger charge is -1.84. The molecule has 0 spiro atoms. The average molecular weight is 135 g/mol. The zero-order chi connectivity index (χ0) is 6.97. The molecule has 4 heteroatoms. The van der Waals surface area contributed by atoms with E-state index in [0.717, 1.165) is 5.52 Å². The number of aromatic nitrogens is 2. The van der Waals surface area contributed by atoms with Crippen molar-refractivity contribution in [2.45, 2.75) is 0 Å². The third kappa shape index (κ3) is 0.500. The second-order valence-corrected chi connectivity index (χ2v) is 1.84. The number of nitrogens with zero attached hydrogens (tertiary/aromatic N) is 3. The van der Waals surface area contributed by atoms with Crippen molar-refractivity contribution < 1.29 is 4.42 Å². The molecule has 0 amide bonds. The van der Waals surface area contributed by atoms with E-state index in [9.17, 15) is 0 Å². The predicted octanol–water partition coefficient (Wildman–Crippen LogP) is 1.09. The summed E-state index contributed by atoms with van der Waals surface area (Å²) in [4.78, 5) is 3.98. The fourth-order valence-electron chi connectivity index (χ4n) is 0.834. The Bertz CT molecular complexity index is 360. The number of imidazole rings is 1. The van der Waals surface area contributed by atoms with Crippen LogP contribution in [0, 0.1) is 0 Å². The third-order valence-corrected chi connectivity index (χ3v) is 1.29. The fraction of sp³-hybridized carbons (Fsp3) is 0. The van der Waals surface area contributed by atoms with E-state index in [1.807, 2.05) is 0 Å². The van der Waals surface area contributed by atoms with Crippen LogP contribution in [0.4, 0.5) is 0 Å². The van der Waals surface area contributed by atoms with Gasteiger partial charge in [0.1, 0.15) is 11.8 Å². The summed E-state index contributed by atoms with van der Waals surface area (Å²) in [5.41, 5.74) is 1.43. The normalized spacial score (nSPS) is 10.4. The van der Waals surface area contributed by atoms with Gasteiger partial charge in [0.25, 0.3) is 0 Å². The first kappa shape index (κ1) is 5.22. The highest BCUT2D eigenvalue weighted by Crippen LogP contribution is 2.11. The minimum Gasteiger partial charge on any atom is -0.445 e. The minimum absolute atomic E-state index is 0.634. The summed E-state index contributed by atoms with van der Waals surface area (Å²) in [5, 5.41) is 3.64. The molecule has 2 aromatic heterocycles. The van der Waals surface area contributed by atoms with E-state index in [4.69, 9.17) is 4.42 Å². The second kappa shape index (κ2) is 1.70. The van der Waals surface area contributed by atoms with Gasteiger partial charge in [-0.3, -0.25) is 0 Å². The topological polar surface area (TPSA) is 43.3 Å². The molecule has 4 nitrogen and oxygen atoms in total. The summed E-state index contributed by atoms with van der Waals surface area (Å²) in [6, 6.07) is 1.77. The Morgan fingerprint density at radius 2 is 2.60 bits per heavy atom. The first-order chi connectivity index (χ1) is 4.92. The summed E-state index contributed by atoms with van der Waals surface area (Å²) in [6.45, 7) is 3.35. The fourth-order valence-corrected chi connectivity index (χ4v) is 0.834.